The molecule has 5 nitrogen and oxygen atoms in total. The number of aryl methyl sites for hydroxylation is 1. The molecule has 2 aromatic heterocycles. The van der Waals surface area contributed by atoms with Crippen molar-refractivity contribution in [3.63, 3.8) is 0 Å². The van der Waals surface area contributed by atoms with Crippen LogP contribution >= 0.6 is 15.9 Å². The van der Waals surface area contributed by atoms with E-state index in [-0.39, 0.29) is 4.90 Å². The molecule has 1 aromatic carbocycles. The summed E-state index contributed by atoms with van der Waals surface area (Å²) in [6.07, 6.45) is 4.55. The first-order chi connectivity index (χ1) is 10.9. The minimum atomic E-state index is -3.48. The van der Waals surface area contributed by atoms with Gasteiger partial charge in [0.25, 0.3) is 5.65 Å². The number of halogens is 1. The molecule has 0 atom stereocenters. The van der Waals surface area contributed by atoms with Crippen LogP contribution in [0.2, 0.25) is 0 Å². The molecule has 0 aliphatic rings. The van der Waals surface area contributed by atoms with E-state index in [1.165, 1.54) is 5.56 Å². The number of nitrogens with one attached hydrogen (secondary N) is 2. The summed E-state index contributed by atoms with van der Waals surface area (Å²) in [5.41, 5.74) is 3.15. The normalized spacial score (nSPS) is 11.9. The van der Waals surface area contributed by atoms with Crippen molar-refractivity contribution in [2.75, 3.05) is 6.54 Å². The molecule has 2 N–H and O–H groups in total. The monoisotopic (exact) mass is 394 g/mol. The summed E-state index contributed by atoms with van der Waals surface area (Å²) in [4.78, 5) is 3.56. The highest BCUT2D eigenvalue weighted by atomic mass is 79.9. The molecular formula is C16H17BrN3O2S+. The average molecular weight is 395 g/mol. The molecule has 0 unspecified atom stereocenters. The Morgan fingerprint density at radius 2 is 1.96 bits per heavy atom. The van der Waals surface area contributed by atoms with Crippen molar-refractivity contribution in [1.29, 1.82) is 0 Å². The number of aromatic amines is 1. The zero-order chi connectivity index (χ0) is 16.4. The highest BCUT2D eigenvalue weighted by Gasteiger charge is 2.14. The Morgan fingerprint density at radius 3 is 2.70 bits per heavy atom. The maximum atomic E-state index is 12.2. The van der Waals surface area contributed by atoms with Gasteiger partial charge in [-0.1, -0.05) is 15.9 Å². The molecule has 0 spiro atoms. The lowest BCUT2D eigenvalue weighted by atomic mass is 10.3. The van der Waals surface area contributed by atoms with Gasteiger partial charge in [0.1, 0.15) is 11.9 Å². The Labute approximate surface area is 143 Å². The van der Waals surface area contributed by atoms with Crippen LogP contribution in [-0.4, -0.2) is 19.9 Å². The van der Waals surface area contributed by atoms with Crippen LogP contribution in [0.15, 0.2) is 58.2 Å². The van der Waals surface area contributed by atoms with Crippen LogP contribution in [0.25, 0.3) is 5.65 Å². The lowest BCUT2D eigenvalue weighted by Crippen LogP contribution is -2.26. The smallest absolute Gasteiger partial charge is 0.241 e. The van der Waals surface area contributed by atoms with Crippen LogP contribution in [0.4, 0.5) is 0 Å². The lowest BCUT2D eigenvalue weighted by Gasteiger charge is -2.05. The minimum absolute atomic E-state index is 0.266. The summed E-state index contributed by atoms with van der Waals surface area (Å²) >= 11 is 3.30. The number of sulfonamides is 1. The van der Waals surface area contributed by atoms with Gasteiger partial charge in [-0.15, -0.1) is 0 Å². The summed E-state index contributed by atoms with van der Waals surface area (Å²) in [5.74, 6) is 0. The van der Waals surface area contributed by atoms with Crippen molar-refractivity contribution in [2.45, 2.75) is 18.2 Å². The predicted octanol–water partition coefficient (Wildman–Crippen LogP) is 2.35. The first-order valence-electron chi connectivity index (χ1n) is 7.19. The van der Waals surface area contributed by atoms with Crippen molar-refractivity contribution in [1.82, 2.24) is 9.71 Å². The van der Waals surface area contributed by atoms with Gasteiger partial charge in [0.2, 0.25) is 10.0 Å². The second-order valence-electron chi connectivity index (χ2n) is 5.38. The number of fused-ring (bicyclic) bond motifs is 1. The summed E-state index contributed by atoms with van der Waals surface area (Å²) in [7, 11) is -3.48. The maximum absolute atomic E-state index is 12.2. The number of pyridine rings is 1. The molecule has 0 amide bonds. The Bertz CT molecular complexity index is 934. The van der Waals surface area contributed by atoms with Crippen LogP contribution in [0.1, 0.15) is 11.3 Å². The zero-order valence-corrected chi connectivity index (χ0v) is 15.0. The quantitative estimate of drug-likeness (QED) is 0.652. The molecule has 2 heterocycles. The third-order valence-electron chi connectivity index (χ3n) is 3.53. The molecule has 0 aliphatic carbocycles. The highest BCUT2D eigenvalue weighted by molar-refractivity contribution is 9.10. The van der Waals surface area contributed by atoms with Gasteiger partial charge >= 0.3 is 0 Å². The first kappa shape index (κ1) is 16.2. The molecule has 120 valence electrons. The predicted molar refractivity (Wildman–Crippen MR) is 91.7 cm³/mol. The SMILES string of the molecule is Cc1cc[n+]2cc(CCNS(=O)(=O)c3ccc(Br)cc3)[nH]c2c1. The van der Waals surface area contributed by atoms with Gasteiger partial charge in [0, 0.05) is 23.5 Å². The van der Waals surface area contributed by atoms with Gasteiger partial charge in [-0.05, 0) is 42.8 Å². The van der Waals surface area contributed by atoms with E-state index in [1.54, 1.807) is 24.3 Å². The van der Waals surface area contributed by atoms with Gasteiger partial charge in [-0.2, -0.15) is 0 Å². The topological polar surface area (TPSA) is 66.1 Å². The van der Waals surface area contributed by atoms with E-state index >= 15 is 0 Å². The fourth-order valence-corrected chi connectivity index (χ4v) is 3.63. The van der Waals surface area contributed by atoms with Crippen LogP contribution < -0.4 is 9.12 Å². The van der Waals surface area contributed by atoms with E-state index in [0.29, 0.717) is 13.0 Å². The Kier molecular flexibility index (Phi) is 4.52. The third kappa shape index (κ3) is 3.80. The second-order valence-corrected chi connectivity index (χ2v) is 8.06. The molecule has 7 heteroatoms. The first-order valence-corrected chi connectivity index (χ1v) is 9.46. The Hall–Kier alpha value is -1.70. The standard InChI is InChI=1S/C16H16BrN3O2S/c1-12-7-9-20-11-14(19-16(20)10-12)6-8-18-23(21,22)15-4-2-13(17)3-5-15/h2-5,7,9-11,18H,6,8H2,1H3/p+1. The van der Waals surface area contributed by atoms with Crippen LogP contribution in [0.3, 0.4) is 0 Å². The van der Waals surface area contributed by atoms with Crippen molar-refractivity contribution in [2.24, 2.45) is 0 Å². The number of hydrogen-bond donors (Lipinski definition) is 2. The highest BCUT2D eigenvalue weighted by Crippen LogP contribution is 2.14. The van der Waals surface area contributed by atoms with Gasteiger partial charge in [0.05, 0.1) is 11.1 Å². The van der Waals surface area contributed by atoms with Crippen molar-refractivity contribution < 1.29 is 12.8 Å². The van der Waals surface area contributed by atoms with Crippen molar-refractivity contribution in [3.8, 4) is 0 Å². The minimum Gasteiger partial charge on any atom is -0.241 e. The third-order valence-corrected chi connectivity index (χ3v) is 5.54. The summed E-state index contributed by atoms with van der Waals surface area (Å²) < 4.78 is 29.9. The van der Waals surface area contributed by atoms with Crippen LogP contribution in [-0.2, 0) is 16.4 Å². The number of imidazole rings is 1. The van der Waals surface area contributed by atoms with Crippen LogP contribution in [0.5, 0.6) is 0 Å². The fourth-order valence-electron chi connectivity index (χ4n) is 2.34. The molecule has 3 aromatic rings. The van der Waals surface area contributed by atoms with Gasteiger partial charge in [-0.25, -0.2) is 22.5 Å². The molecule has 3 rings (SSSR count). The second kappa shape index (κ2) is 6.43. The number of H-pyrrole nitrogens is 1. The molecule has 0 aliphatic heterocycles. The van der Waals surface area contributed by atoms with Gasteiger partial charge < -0.3 is 0 Å². The van der Waals surface area contributed by atoms with E-state index in [4.69, 9.17) is 0 Å². The molecular weight excluding hydrogens is 378 g/mol. The number of nitrogens with zero attached hydrogens (tertiary/aromatic N) is 1. The van der Waals surface area contributed by atoms with Gasteiger partial charge in [0.15, 0.2) is 0 Å². The zero-order valence-electron chi connectivity index (χ0n) is 12.6. The van der Waals surface area contributed by atoms with Crippen molar-refractivity contribution in [3.05, 3.63) is 64.5 Å². The van der Waals surface area contributed by atoms with E-state index in [0.717, 1.165) is 15.8 Å². The largest absolute Gasteiger partial charge is 0.284 e. The van der Waals surface area contributed by atoms with E-state index in [2.05, 4.69) is 31.7 Å². The number of rotatable bonds is 5. The summed E-state index contributed by atoms with van der Waals surface area (Å²) in [6, 6.07) is 10.7. The van der Waals surface area contributed by atoms with E-state index < -0.39 is 10.0 Å². The number of aromatic nitrogens is 2. The number of benzene rings is 1. The molecule has 0 saturated heterocycles. The van der Waals surface area contributed by atoms with Crippen LogP contribution in [0, 0.1) is 6.92 Å². The molecule has 0 radical (unpaired) electrons. The number of hydrogen-bond acceptors (Lipinski definition) is 2. The summed E-state index contributed by atoms with van der Waals surface area (Å²) in [5, 5.41) is 0. The van der Waals surface area contributed by atoms with E-state index in [9.17, 15) is 8.42 Å². The van der Waals surface area contributed by atoms with E-state index in [1.807, 2.05) is 29.8 Å². The molecule has 0 fully saturated rings. The lowest BCUT2D eigenvalue weighted by molar-refractivity contribution is -0.510. The van der Waals surface area contributed by atoms with Crippen molar-refractivity contribution >= 4 is 31.6 Å². The molecule has 0 saturated carbocycles. The fraction of sp³-hybridized carbons (Fsp3) is 0.188. The summed E-state index contributed by atoms with van der Waals surface area (Å²) in [6.45, 7) is 2.37. The maximum Gasteiger partial charge on any atom is 0.284 e. The van der Waals surface area contributed by atoms with Gasteiger partial charge in [-0.3, -0.25) is 0 Å². The molecule has 23 heavy (non-hydrogen) atoms. The molecule has 0 bridgehead atoms. The Morgan fingerprint density at radius 1 is 1.22 bits per heavy atom. The Balaban J connectivity index is 1.66. The average Bonchev–Trinajstić information content (AvgIpc) is 2.89.